The lowest BCUT2D eigenvalue weighted by atomic mass is 10.2. The smallest absolute Gasteiger partial charge is 0.298 e. The average Bonchev–Trinajstić information content (AvgIpc) is 2.71. The number of carbonyl (C=O) groups is 1. The number of hydrogen-bond acceptors (Lipinski definition) is 2. The summed E-state index contributed by atoms with van der Waals surface area (Å²) in [4.78, 5) is 10.6. The lowest BCUT2D eigenvalue weighted by molar-refractivity contribution is -0.141. The van der Waals surface area contributed by atoms with Gasteiger partial charge in [0.2, 0.25) is 0 Å². The maximum Gasteiger partial charge on any atom is 0.435 e. The zero-order valence-corrected chi connectivity index (χ0v) is 9.40. The summed E-state index contributed by atoms with van der Waals surface area (Å²) in [6.45, 7) is 1.52. The van der Waals surface area contributed by atoms with E-state index < -0.39 is 11.9 Å². The molecule has 0 saturated heterocycles. The number of benzene rings is 1. The molecule has 2 rings (SSSR count). The Morgan fingerprint density at radius 3 is 2.56 bits per heavy atom. The molecule has 0 spiro atoms. The Morgan fingerprint density at radius 1 is 1.28 bits per heavy atom. The Kier molecular flexibility index (Phi) is 2.94. The van der Waals surface area contributed by atoms with Crippen LogP contribution in [0.15, 0.2) is 30.3 Å². The van der Waals surface area contributed by atoms with Gasteiger partial charge in [-0.05, 0) is 25.1 Å². The molecule has 0 atom stereocenters. The van der Waals surface area contributed by atoms with Crippen LogP contribution in [-0.4, -0.2) is 16.1 Å². The van der Waals surface area contributed by atoms with E-state index in [1.807, 2.05) is 0 Å². The van der Waals surface area contributed by atoms with Crippen LogP contribution < -0.4 is 0 Å². The van der Waals surface area contributed by atoms with E-state index >= 15 is 0 Å². The molecule has 1 aromatic carbocycles. The highest BCUT2D eigenvalue weighted by Crippen LogP contribution is 2.29. The van der Waals surface area contributed by atoms with E-state index in [1.54, 1.807) is 18.2 Å². The fourth-order valence-corrected chi connectivity index (χ4v) is 1.60. The summed E-state index contributed by atoms with van der Waals surface area (Å²) in [5.74, 6) is 0. The van der Waals surface area contributed by atoms with Crippen molar-refractivity contribution in [2.24, 2.45) is 0 Å². The van der Waals surface area contributed by atoms with Crippen LogP contribution in [0.2, 0.25) is 0 Å². The number of rotatable bonds is 2. The van der Waals surface area contributed by atoms with Crippen LogP contribution in [0.3, 0.4) is 0 Å². The molecule has 1 aromatic heterocycles. The van der Waals surface area contributed by atoms with E-state index in [-0.39, 0.29) is 0 Å². The van der Waals surface area contributed by atoms with Crippen LogP contribution in [-0.2, 0) is 6.18 Å². The minimum atomic E-state index is -4.47. The second kappa shape index (κ2) is 4.29. The normalized spacial score (nSPS) is 11.6. The Balaban J connectivity index is 2.50. The number of halogens is 3. The summed E-state index contributed by atoms with van der Waals surface area (Å²) < 4.78 is 38.7. The highest BCUT2D eigenvalue weighted by atomic mass is 19.4. The summed E-state index contributed by atoms with van der Waals surface area (Å²) in [5.41, 5.74) is 0.213. The van der Waals surface area contributed by atoms with E-state index in [0.717, 1.165) is 10.7 Å². The monoisotopic (exact) mass is 254 g/mol. The van der Waals surface area contributed by atoms with E-state index in [4.69, 9.17) is 0 Å². The molecule has 0 saturated carbocycles. The summed E-state index contributed by atoms with van der Waals surface area (Å²) in [5, 5.41) is 3.50. The molecule has 2 aromatic rings. The summed E-state index contributed by atoms with van der Waals surface area (Å²) in [7, 11) is 0. The first-order chi connectivity index (χ1) is 8.41. The van der Waals surface area contributed by atoms with Gasteiger partial charge in [0.05, 0.1) is 5.69 Å². The maximum absolute atomic E-state index is 12.5. The molecule has 0 aliphatic carbocycles. The molecule has 0 bridgehead atoms. The van der Waals surface area contributed by atoms with Crippen LogP contribution in [0.1, 0.15) is 21.7 Å². The van der Waals surface area contributed by atoms with Crippen molar-refractivity contribution in [1.29, 1.82) is 0 Å². The largest absolute Gasteiger partial charge is 0.435 e. The molecule has 0 unspecified atom stereocenters. The minimum Gasteiger partial charge on any atom is -0.298 e. The van der Waals surface area contributed by atoms with Gasteiger partial charge in [-0.15, -0.1) is 0 Å². The summed E-state index contributed by atoms with van der Waals surface area (Å²) >= 11 is 0. The summed E-state index contributed by atoms with van der Waals surface area (Å²) in [6.07, 6.45) is -3.84. The third kappa shape index (κ3) is 2.27. The van der Waals surface area contributed by atoms with Crippen molar-refractivity contribution in [3.63, 3.8) is 0 Å². The second-order valence-corrected chi connectivity index (χ2v) is 3.79. The van der Waals surface area contributed by atoms with Crippen LogP contribution in [0, 0.1) is 6.92 Å². The van der Waals surface area contributed by atoms with Crippen molar-refractivity contribution in [2.75, 3.05) is 0 Å². The Labute approximate surface area is 101 Å². The Bertz CT molecular complexity index is 587. The molecule has 0 aliphatic rings. The first-order valence-electron chi connectivity index (χ1n) is 5.11. The second-order valence-electron chi connectivity index (χ2n) is 3.79. The Morgan fingerprint density at radius 2 is 2.00 bits per heavy atom. The standard InChI is InChI=1S/C12H9F3N2O/c1-8-5-11(12(13,14)15)16-17(8)10-4-2-3-9(6-10)7-18/h2-7H,1H3. The van der Waals surface area contributed by atoms with E-state index in [9.17, 15) is 18.0 Å². The average molecular weight is 254 g/mol. The molecule has 94 valence electrons. The maximum atomic E-state index is 12.5. The molecule has 0 amide bonds. The zero-order valence-electron chi connectivity index (χ0n) is 9.40. The fraction of sp³-hybridized carbons (Fsp3) is 0.167. The van der Waals surface area contributed by atoms with E-state index in [2.05, 4.69) is 5.10 Å². The number of nitrogens with zero attached hydrogens (tertiary/aromatic N) is 2. The van der Waals surface area contributed by atoms with Gasteiger partial charge in [-0.25, -0.2) is 4.68 Å². The molecule has 1 heterocycles. The highest BCUT2D eigenvalue weighted by Gasteiger charge is 2.34. The third-order valence-corrected chi connectivity index (χ3v) is 2.43. The SMILES string of the molecule is Cc1cc(C(F)(F)F)nn1-c1cccc(C=O)c1. The van der Waals surface area contributed by atoms with Crippen LogP contribution in [0.25, 0.3) is 5.69 Å². The third-order valence-electron chi connectivity index (χ3n) is 2.43. The molecule has 0 fully saturated rings. The number of aromatic nitrogens is 2. The lowest BCUT2D eigenvalue weighted by Gasteiger charge is -2.05. The molecular weight excluding hydrogens is 245 g/mol. The predicted molar refractivity (Wildman–Crippen MR) is 58.7 cm³/mol. The molecule has 0 aliphatic heterocycles. The number of carbonyl (C=O) groups excluding carboxylic acids is 1. The van der Waals surface area contributed by atoms with Crippen molar-refractivity contribution in [1.82, 2.24) is 9.78 Å². The van der Waals surface area contributed by atoms with Gasteiger partial charge in [-0.2, -0.15) is 18.3 Å². The number of hydrogen-bond donors (Lipinski definition) is 0. The summed E-state index contributed by atoms with van der Waals surface area (Å²) in [6, 6.07) is 7.20. The van der Waals surface area contributed by atoms with E-state index in [1.165, 1.54) is 13.0 Å². The van der Waals surface area contributed by atoms with Crippen molar-refractivity contribution in [3.05, 3.63) is 47.3 Å². The molecule has 3 nitrogen and oxygen atoms in total. The van der Waals surface area contributed by atoms with Gasteiger partial charge in [-0.1, -0.05) is 12.1 Å². The predicted octanol–water partition coefficient (Wildman–Crippen LogP) is 3.01. The van der Waals surface area contributed by atoms with Crippen LogP contribution in [0.4, 0.5) is 13.2 Å². The minimum absolute atomic E-state index is 0.352. The van der Waals surface area contributed by atoms with Gasteiger partial charge in [-0.3, -0.25) is 4.79 Å². The van der Waals surface area contributed by atoms with Gasteiger partial charge in [0, 0.05) is 11.3 Å². The highest BCUT2D eigenvalue weighted by molar-refractivity contribution is 5.75. The van der Waals surface area contributed by atoms with Gasteiger partial charge >= 0.3 is 6.18 Å². The van der Waals surface area contributed by atoms with Gasteiger partial charge in [0.15, 0.2) is 5.69 Å². The lowest BCUT2D eigenvalue weighted by Crippen LogP contribution is -2.07. The van der Waals surface area contributed by atoms with Crippen molar-refractivity contribution >= 4 is 6.29 Å². The van der Waals surface area contributed by atoms with E-state index in [0.29, 0.717) is 23.2 Å². The van der Waals surface area contributed by atoms with Gasteiger partial charge < -0.3 is 0 Å². The zero-order chi connectivity index (χ0) is 13.3. The number of alkyl halides is 3. The van der Waals surface area contributed by atoms with Gasteiger partial charge in [0.1, 0.15) is 6.29 Å². The van der Waals surface area contributed by atoms with Crippen molar-refractivity contribution in [3.8, 4) is 5.69 Å². The molecule has 0 N–H and O–H groups in total. The molecule has 18 heavy (non-hydrogen) atoms. The quantitative estimate of drug-likeness (QED) is 0.772. The molecule has 0 radical (unpaired) electrons. The number of aldehydes is 1. The van der Waals surface area contributed by atoms with Crippen molar-refractivity contribution in [2.45, 2.75) is 13.1 Å². The first kappa shape index (κ1) is 12.3. The Hall–Kier alpha value is -2.11. The van der Waals surface area contributed by atoms with Crippen LogP contribution in [0.5, 0.6) is 0 Å². The fourth-order valence-electron chi connectivity index (χ4n) is 1.60. The van der Waals surface area contributed by atoms with Gasteiger partial charge in [0.25, 0.3) is 0 Å². The molecular formula is C12H9F3N2O. The van der Waals surface area contributed by atoms with Crippen molar-refractivity contribution < 1.29 is 18.0 Å². The number of aryl methyl sites for hydroxylation is 1. The van der Waals surface area contributed by atoms with Crippen LogP contribution >= 0.6 is 0 Å². The topological polar surface area (TPSA) is 34.9 Å². The first-order valence-corrected chi connectivity index (χ1v) is 5.11. The molecule has 6 heteroatoms.